The van der Waals surface area contributed by atoms with Crippen LogP contribution in [0.2, 0.25) is 0 Å². The number of hydrogen-bond acceptors (Lipinski definition) is 4. The first-order valence-corrected chi connectivity index (χ1v) is 7.82. The summed E-state index contributed by atoms with van der Waals surface area (Å²) in [6.07, 6.45) is 2.67. The van der Waals surface area contributed by atoms with Crippen LogP contribution in [0.15, 0.2) is 22.7 Å². The molecule has 6 nitrogen and oxygen atoms in total. The van der Waals surface area contributed by atoms with Gasteiger partial charge in [-0.2, -0.15) is 0 Å². The first-order chi connectivity index (χ1) is 10.0. The van der Waals surface area contributed by atoms with E-state index in [1.54, 1.807) is 17.0 Å². The highest BCUT2D eigenvalue weighted by Gasteiger charge is 2.30. The summed E-state index contributed by atoms with van der Waals surface area (Å²) < 4.78 is 0.418. The third-order valence-electron chi connectivity index (χ3n) is 3.52. The number of piperidine rings is 1. The van der Waals surface area contributed by atoms with E-state index in [0.717, 1.165) is 25.8 Å². The molecule has 114 valence electrons. The Morgan fingerprint density at radius 3 is 2.95 bits per heavy atom. The van der Waals surface area contributed by atoms with Crippen LogP contribution in [0.1, 0.15) is 26.2 Å². The highest BCUT2D eigenvalue weighted by molar-refractivity contribution is 9.10. The van der Waals surface area contributed by atoms with Crippen molar-refractivity contribution in [1.82, 2.24) is 5.32 Å². The fraction of sp³-hybridized carbons (Fsp3) is 0.500. The van der Waals surface area contributed by atoms with Gasteiger partial charge in [0.15, 0.2) is 0 Å². The van der Waals surface area contributed by atoms with Crippen LogP contribution in [0.3, 0.4) is 0 Å². The van der Waals surface area contributed by atoms with Crippen molar-refractivity contribution in [2.75, 3.05) is 18.0 Å². The monoisotopic (exact) mass is 355 g/mol. The maximum Gasteiger partial charge on any atom is 0.285 e. The highest BCUT2D eigenvalue weighted by Crippen LogP contribution is 2.31. The molecule has 1 heterocycles. The predicted octanol–water partition coefficient (Wildman–Crippen LogP) is 2.85. The van der Waals surface area contributed by atoms with E-state index in [9.17, 15) is 14.9 Å². The van der Waals surface area contributed by atoms with E-state index in [1.165, 1.54) is 6.07 Å². The molecule has 1 fully saturated rings. The number of nitro benzene ring substituents is 1. The van der Waals surface area contributed by atoms with E-state index in [2.05, 4.69) is 28.2 Å². The van der Waals surface area contributed by atoms with Crippen LogP contribution in [0.4, 0.5) is 11.4 Å². The molecule has 1 N–H and O–H groups in total. The van der Waals surface area contributed by atoms with E-state index in [-0.39, 0.29) is 17.6 Å². The second kappa shape index (κ2) is 7.00. The number of nitrogens with one attached hydrogen (secondary N) is 1. The van der Waals surface area contributed by atoms with E-state index in [0.29, 0.717) is 16.7 Å². The molecule has 1 atom stereocenters. The van der Waals surface area contributed by atoms with E-state index in [1.807, 2.05) is 0 Å². The molecule has 7 heteroatoms. The number of hydrogen-bond donors (Lipinski definition) is 1. The molecular weight excluding hydrogens is 338 g/mol. The van der Waals surface area contributed by atoms with Gasteiger partial charge < -0.3 is 10.2 Å². The number of carbonyl (C=O) groups excluding carboxylic acids is 1. The number of rotatable bonds is 5. The zero-order valence-electron chi connectivity index (χ0n) is 11.8. The number of halogens is 1. The van der Waals surface area contributed by atoms with Gasteiger partial charge >= 0.3 is 0 Å². The number of carbonyl (C=O) groups is 1. The Morgan fingerprint density at radius 2 is 2.29 bits per heavy atom. The summed E-state index contributed by atoms with van der Waals surface area (Å²) in [6.45, 7) is 3.45. The molecule has 1 saturated heterocycles. The lowest BCUT2D eigenvalue weighted by Crippen LogP contribution is -2.51. The van der Waals surface area contributed by atoms with Gasteiger partial charge in [0.2, 0.25) is 5.91 Å². The standard InChI is InChI=1S/C14H18BrN3O3/c1-2-7-16-12-4-3-8-17(14(12)19)10-5-6-11(15)13(9-10)18(20)21/h5-6,9,12,16H,2-4,7-8H2,1H3. The molecule has 1 amide bonds. The summed E-state index contributed by atoms with van der Waals surface area (Å²) in [5.41, 5.74) is 0.557. The zero-order valence-corrected chi connectivity index (χ0v) is 13.4. The van der Waals surface area contributed by atoms with E-state index < -0.39 is 4.92 Å². The van der Waals surface area contributed by atoms with E-state index >= 15 is 0 Å². The molecule has 0 bridgehead atoms. The van der Waals surface area contributed by atoms with Crippen molar-refractivity contribution in [3.05, 3.63) is 32.8 Å². The quantitative estimate of drug-likeness (QED) is 0.650. The van der Waals surface area contributed by atoms with Crippen molar-refractivity contribution < 1.29 is 9.72 Å². The van der Waals surface area contributed by atoms with E-state index in [4.69, 9.17) is 0 Å². The number of anilines is 1. The molecular formula is C14H18BrN3O3. The lowest BCUT2D eigenvalue weighted by atomic mass is 10.0. The lowest BCUT2D eigenvalue weighted by molar-refractivity contribution is -0.385. The number of benzene rings is 1. The largest absolute Gasteiger partial charge is 0.311 e. The highest BCUT2D eigenvalue weighted by atomic mass is 79.9. The van der Waals surface area contributed by atoms with Crippen LogP contribution >= 0.6 is 15.9 Å². The fourth-order valence-corrected chi connectivity index (χ4v) is 2.84. The smallest absolute Gasteiger partial charge is 0.285 e. The van der Waals surface area contributed by atoms with Crippen LogP contribution in [-0.4, -0.2) is 30.0 Å². The third kappa shape index (κ3) is 3.59. The van der Waals surface area contributed by atoms with Gasteiger partial charge in [-0.1, -0.05) is 6.92 Å². The summed E-state index contributed by atoms with van der Waals surface area (Å²) in [7, 11) is 0. The Balaban J connectivity index is 2.22. The Kier molecular flexibility index (Phi) is 5.30. The Hall–Kier alpha value is -1.47. The van der Waals surface area contributed by atoms with Crippen molar-refractivity contribution in [3.63, 3.8) is 0 Å². The van der Waals surface area contributed by atoms with Gasteiger partial charge in [-0.05, 0) is 53.9 Å². The molecule has 0 radical (unpaired) electrons. The van der Waals surface area contributed by atoms with Gasteiger partial charge in [0.05, 0.1) is 21.1 Å². The summed E-state index contributed by atoms with van der Waals surface area (Å²) >= 11 is 3.16. The van der Waals surface area contributed by atoms with Gasteiger partial charge in [-0.25, -0.2) is 0 Å². The molecule has 1 unspecified atom stereocenters. The molecule has 2 rings (SSSR count). The summed E-state index contributed by atoms with van der Waals surface area (Å²) in [5.74, 6) is -0.00804. The minimum atomic E-state index is -0.450. The molecule has 1 aliphatic rings. The minimum absolute atomic E-state index is 0.00804. The second-order valence-electron chi connectivity index (χ2n) is 5.03. The topological polar surface area (TPSA) is 75.5 Å². The Bertz CT molecular complexity index is 550. The first kappa shape index (κ1) is 15.9. The molecule has 0 saturated carbocycles. The van der Waals surface area contributed by atoms with Crippen LogP contribution in [0.5, 0.6) is 0 Å². The maximum atomic E-state index is 12.5. The summed E-state index contributed by atoms with van der Waals surface area (Å²) in [4.78, 5) is 24.7. The predicted molar refractivity (Wildman–Crippen MR) is 84.5 cm³/mol. The average molecular weight is 356 g/mol. The summed E-state index contributed by atoms with van der Waals surface area (Å²) in [5, 5.41) is 14.2. The van der Waals surface area contributed by atoms with Gasteiger partial charge in [0, 0.05) is 12.6 Å². The lowest BCUT2D eigenvalue weighted by Gasteiger charge is -2.32. The number of nitro groups is 1. The first-order valence-electron chi connectivity index (χ1n) is 7.03. The molecule has 1 aromatic rings. The Morgan fingerprint density at radius 1 is 1.52 bits per heavy atom. The van der Waals surface area contributed by atoms with Gasteiger partial charge in [0.1, 0.15) is 0 Å². The molecule has 21 heavy (non-hydrogen) atoms. The fourth-order valence-electron chi connectivity index (χ4n) is 2.45. The van der Waals surface area contributed by atoms with Crippen LogP contribution in [0.25, 0.3) is 0 Å². The van der Waals surface area contributed by atoms with Gasteiger partial charge in [-0.15, -0.1) is 0 Å². The number of amides is 1. The van der Waals surface area contributed by atoms with Crippen LogP contribution in [-0.2, 0) is 4.79 Å². The van der Waals surface area contributed by atoms with Crippen LogP contribution < -0.4 is 10.2 Å². The maximum absolute atomic E-state index is 12.5. The van der Waals surface area contributed by atoms with Crippen molar-refractivity contribution >= 4 is 33.2 Å². The Labute approximate surface area is 131 Å². The molecule has 1 aromatic carbocycles. The number of nitrogens with zero attached hydrogens (tertiary/aromatic N) is 2. The summed E-state index contributed by atoms with van der Waals surface area (Å²) in [6, 6.07) is 4.60. The molecule has 0 spiro atoms. The van der Waals surface area contributed by atoms with Gasteiger partial charge in [0.25, 0.3) is 5.69 Å². The SMILES string of the molecule is CCCNC1CCCN(c2ccc(Br)c([N+](=O)[O-])c2)C1=O. The van der Waals surface area contributed by atoms with Gasteiger partial charge in [-0.3, -0.25) is 14.9 Å². The zero-order chi connectivity index (χ0) is 15.4. The van der Waals surface area contributed by atoms with Crippen molar-refractivity contribution in [2.24, 2.45) is 0 Å². The van der Waals surface area contributed by atoms with Crippen molar-refractivity contribution in [3.8, 4) is 0 Å². The van der Waals surface area contributed by atoms with Crippen LogP contribution in [0, 0.1) is 10.1 Å². The van der Waals surface area contributed by atoms with Crippen molar-refractivity contribution in [1.29, 1.82) is 0 Å². The molecule has 0 aliphatic carbocycles. The second-order valence-corrected chi connectivity index (χ2v) is 5.89. The minimum Gasteiger partial charge on any atom is -0.311 e. The third-order valence-corrected chi connectivity index (χ3v) is 4.19. The molecule has 1 aliphatic heterocycles. The van der Waals surface area contributed by atoms with Crippen molar-refractivity contribution in [2.45, 2.75) is 32.2 Å². The molecule has 0 aromatic heterocycles. The normalized spacial score (nSPS) is 18.9. The average Bonchev–Trinajstić information content (AvgIpc) is 2.47.